The van der Waals surface area contributed by atoms with Crippen LogP contribution in [0.4, 0.5) is 28.4 Å². The summed E-state index contributed by atoms with van der Waals surface area (Å²) in [5.41, 5.74) is -0.0967. The van der Waals surface area contributed by atoms with Gasteiger partial charge in [-0.1, -0.05) is 47.7 Å². The second-order valence-corrected chi connectivity index (χ2v) is 11.0. The zero-order valence-corrected chi connectivity index (χ0v) is 20.3. The number of nitrogens with zero attached hydrogens (tertiary/aromatic N) is 4. The van der Waals surface area contributed by atoms with E-state index in [1.54, 1.807) is 0 Å². The number of anilines is 2. The molecule has 0 atom stereocenters. The number of likely N-dealkylation sites (tertiary alicyclic amines) is 1. The molecule has 1 aliphatic rings. The predicted molar refractivity (Wildman–Crippen MR) is 125 cm³/mol. The minimum atomic E-state index is -4.85. The van der Waals surface area contributed by atoms with Crippen LogP contribution in [0.25, 0.3) is 0 Å². The van der Waals surface area contributed by atoms with Crippen molar-refractivity contribution in [3.8, 4) is 0 Å². The highest BCUT2D eigenvalue weighted by Gasteiger charge is 2.41. The van der Waals surface area contributed by atoms with Crippen LogP contribution in [0.15, 0.2) is 52.9 Å². The third kappa shape index (κ3) is 6.08. The van der Waals surface area contributed by atoms with Gasteiger partial charge in [-0.05, 0) is 30.5 Å². The van der Waals surface area contributed by atoms with E-state index in [2.05, 4.69) is 14.9 Å². The van der Waals surface area contributed by atoms with Crippen LogP contribution in [-0.2, 0) is 22.7 Å². The Bertz CT molecular complexity index is 1260. The van der Waals surface area contributed by atoms with Gasteiger partial charge in [-0.15, -0.1) is 0 Å². The van der Waals surface area contributed by atoms with Crippen LogP contribution in [0.3, 0.4) is 0 Å². The molecule has 0 spiro atoms. The Morgan fingerprint density at radius 2 is 1.77 bits per heavy atom. The topological polar surface area (TPSA) is 78.4 Å². The smallest absolute Gasteiger partial charge is 0.362 e. The van der Waals surface area contributed by atoms with Gasteiger partial charge in [-0.3, -0.25) is 9.62 Å². The second-order valence-electron chi connectivity index (χ2n) is 8.19. The molecule has 2 aromatic heterocycles. The lowest BCUT2D eigenvalue weighted by Crippen LogP contribution is -2.43. The number of hydrogen-bond donors (Lipinski definition) is 1. The molecule has 3 heterocycles. The van der Waals surface area contributed by atoms with Gasteiger partial charge in [0.25, 0.3) is 10.0 Å². The Morgan fingerprint density at radius 3 is 2.40 bits per heavy atom. The van der Waals surface area contributed by atoms with Crippen molar-refractivity contribution in [3.05, 3.63) is 65.7 Å². The summed E-state index contributed by atoms with van der Waals surface area (Å²) in [5, 5.41) is -0.272. The van der Waals surface area contributed by atoms with Crippen LogP contribution in [0.1, 0.15) is 24.1 Å². The van der Waals surface area contributed by atoms with E-state index in [1.165, 1.54) is 24.1 Å². The van der Waals surface area contributed by atoms with E-state index in [0.717, 1.165) is 18.2 Å². The SMILES string of the molecule is CN(c1sc(S(=O)(=O)Nc2cccc(F)n2)nc1C(F)(F)F)C1CCN(Cc2ccccc2)CC1. The minimum absolute atomic E-state index is 0.211. The third-order valence-corrected chi connectivity index (χ3v) is 8.59. The molecular formula is C22H23F4N5O2S2. The molecule has 1 aromatic carbocycles. The highest BCUT2D eigenvalue weighted by molar-refractivity contribution is 7.94. The van der Waals surface area contributed by atoms with E-state index in [0.29, 0.717) is 37.3 Å². The van der Waals surface area contributed by atoms with Crippen molar-refractivity contribution in [2.24, 2.45) is 0 Å². The largest absolute Gasteiger partial charge is 0.436 e. The quantitative estimate of drug-likeness (QED) is 0.356. The van der Waals surface area contributed by atoms with Crippen molar-refractivity contribution in [3.63, 3.8) is 0 Å². The molecule has 3 aromatic rings. The van der Waals surface area contributed by atoms with Gasteiger partial charge in [0.2, 0.25) is 10.3 Å². The highest BCUT2D eigenvalue weighted by atomic mass is 32.2. The lowest BCUT2D eigenvalue weighted by Gasteiger charge is -2.37. The van der Waals surface area contributed by atoms with E-state index in [4.69, 9.17) is 0 Å². The Kier molecular flexibility index (Phi) is 7.29. The second kappa shape index (κ2) is 10.1. The fourth-order valence-electron chi connectivity index (χ4n) is 3.95. The van der Waals surface area contributed by atoms with Gasteiger partial charge >= 0.3 is 6.18 Å². The van der Waals surface area contributed by atoms with Crippen molar-refractivity contribution in [1.29, 1.82) is 0 Å². The van der Waals surface area contributed by atoms with Crippen molar-refractivity contribution in [2.45, 2.75) is 35.9 Å². The normalized spacial score (nSPS) is 15.8. The number of pyridine rings is 1. The van der Waals surface area contributed by atoms with Gasteiger partial charge in [0.1, 0.15) is 10.8 Å². The molecule has 1 fully saturated rings. The van der Waals surface area contributed by atoms with Crippen LogP contribution in [0.2, 0.25) is 0 Å². The van der Waals surface area contributed by atoms with Gasteiger partial charge in [0.15, 0.2) is 5.69 Å². The molecule has 0 saturated carbocycles. The van der Waals surface area contributed by atoms with E-state index in [1.807, 2.05) is 35.1 Å². The maximum Gasteiger partial charge on any atom is 0.436 e. The van der Waals surface area contributed by atoms with E-state index in [9.17, 15) is 26.0 Å². The predicted octanol–water partition coefficient (Wildman–Crippen LogP) is 4.60. The molecule has 4 rings (SSSR count). The summed E-state index contributed by atoms with van der Waals surface area (Å²) in [6.07, 6.45) is -3.61. The summed E-state index contributed by atoms with van der Waals surface area (Å²) in [6, 6.07) is 13.1. The first-order valence-corrected chi connectivity index (χ1v) is 13.1. The van der Waals surface area contributed by atoms with Gasteiger partial charge in [-0.2, -0.15) is 26.0 Å². The van der Waals surface area contributed by atoms with Crippen molar-refractivity contribution in [2.75, 3.05) is 29.8 Å². The molecule has 188 valence electrons. The Hall–Kier alpha value is -2.77. The Morgan fingerprint density at radius 1 is 1.09 bits per heavy atom. The number of thiazole rings is 1. The number of nitrogens with one attached hydrogen (secondary N) is 1. The number of sulfonamides is 1. The number of piperidine rings is 1. The summed E-state index contributed by atoms with van der Waals surface area (Å²) >= 11 is 0.431. The molecule has 0 bridgehead atoms. The molecular weight excluding hydrogens is 506 g/mol. The van der Waals surface area contributed by atoms with Gasteiger partial charge in [0, 0.05) is 32.7 Å². The number of rotatable bonds is 7. The van der Waals surface area contributed by atoms with Gasteiger partial charge < -0.3 is 4.90 Å². The molecule has 1 N–H and O–H groups in total. The molecule has 0 amide bonds. The number of hydrogen-bond acceptors (Lipinski definition) is 7. The summed E-state index contributed by atoms with van der Waals surface area (Å²) in [7, 11) is -2.98. The number of aromatic nitrogens is 2. The van der Waals surface area contributed by atoms with Crippen LogP contribution in [-0.4, -0.2) is 49.5 Å². The Labute approximate surface area is 204 Å². The molecule has 35 heavy (non-hydrogen) atoms. The zero-order valence-electron chi connectivity index (χ0n) is 18.7. The molecule has 0 radical (unpaired) electrons. The summed E-state index contributed by atoms with van der Waals surface area (Å²) in [5.74, 6) is -1.28. The number of halogens is 4. The lowest BCUT2D eigenvalue weighted by atomic mass is 10.0. The number of benzene rings is 1. The first-order valence-electron chi connectivity index (χ1n) is 10.8. The fraction of sp³-hybridized carbons (Fsp3) is 0.364. The molecule has 7 nitrogen and oxygen atoms in total. The van der Waals surface area contributed by atoms with Crippen molar-refractivity contribution in [1.82, 2.24) is 14.9 Å². The van der Waals surface area contributed by atoms with Crippen LogP contribution in [0.5, 0.6) is 0 Å². The molecule has 0 aliphatic carbocycles. The van der Waals surface area contributed by atoms with Crippen molar-refractivity contribution >= 4 is 32.2 Å². The lowest BCUT2D eigenvalue weighted by molar-refractivity contribution is -0.140. The van der Waals surface area contributed by atoms with E-state index in [-0.39, 0.29) is 16.9 Å². The van der Waals surface area contributed by atoms with Crippen LogP contribution < -0.4 is 9.62 Å². The third-order valence-electron chi connectivity index (χ3n) is 5.72. The summed E-state index contributed by atoms with van der Waals surface area (Å²) in [4.78, 5) is 10.5. The molecule has 1 aliphatic heterocycles. The van der Waals surface area contributed by atoms with Gasteiger partial charge in [0.05, 0.1) is 0 Å². The zero-order chi connectivity index (χ0) is 25.2. The fourth-order valence-corrected chi connectivity index (χ4v) is 6.29. The average molecular weight is 530 g/mol. The standard InChI is InChI=1S/C22H23F4N5O2S2/c1-30(16-10-12-31(13-11-16)14-15-6-3-2-4-7-15)20-19(22(24,25)26)28-21(34-20)35(32,33)29-18-9-5-8-17(23)27-18/h2-9,16H,10-14H2,1H3,(H,27,29). The van der Waals surface area contributed by atoms with Crippen molar-refractivity contribution < 1.29 is 26.0 Å². The highest BCUT2D eigenvalue weighted by Crippen LogP contribution is 2.42. The molecule has 1 saturated heterocycles. The maximum atomic E-state index is 13.8. The summed E-state index contributed by atoms with van der Waals surface area (Å²) < 4.78 is 81.3. The average Bonchev–Trinajstić information content (AvgIpc) is 3.27. The minimum Gasteiger partial charge on any atom is -0.362 e. The number of alkyl halides is 3. The monoisotopic (exact) mass is 529 g/mol. The van der Waals surface area contributed by atoms with Crippen LogP contribution >= 0.6 is 11.3 Å². The first-order chi connectivity index (χ1) is 16.5. The summed E-state index contributed by atoms with van der Waals surface area (Å²) in [6.45, 7) is 2.15. The Balaban J connectivity index is 1.52. The first kappa shape index (κ1) is 25.3. The molecule has 0 unspecified atom stereocenters. The van der Waals surface area contributed by atoms with E-state index < -0.39 is 32.2 Å². The van der Waals surface area contributed by atoms with E-state index >= 15 is 0 Å². The van der Waals surface area contributed by atoms with Gasteiger partial charge in [-0.25, -0.2) is 9.97 Å². The molecule has 13 heteroatoms. The maximum absolute atomic E-state index is 13.8. The van der Waals surface area contributed by atoms with Crippen LogP contribution in [0, 0.1) is 5.95 Å².